The highest BCUT2D eigenvalue weighted by Crippen LogP contribution is 2.36. The Morgan fingerprint density at radius 1 is 1.17 bits per heavy atom. The van der Waals surface area contributed by atoms with Crippen LogP contribution < -0.4 is 10.6 Å². The van der Waals surface area contributed by atoms with Crippen LogP contribution in [0, 0.1) is 11.8 Å². The highest BCUT2D eigenvalue weighted by molar-refractivity contribution is 6.36. The lowest BCUT2D eigenvalue weighted by Gasteiger charge is -2.32. The van der Waals surface area contributed by atoms with Gasteiger partial charge in [-0.3, -0.25) is 9.59 Å². The van der Waals surface area contributed by atoms with E-state index in [1.807, 2.05) is 18.2 Å². The molecule has 0 radical (unpaired) electrons. The summed E-state index contributed by atoms with van der Waals surface area (Å²) in [5, 5.41) is 16.9. The van der Waals surface area contributed by atoms with E-state index in [0.717, 1.165) is 43.9 Å². The van der Waals surface area contributed by atoms with Gasteiger partial charge in [-0.15, -0.1) is 0 Å². The second-order valence-corrected chi connectivity index (χ2v) is 10.3. The molecule has 194 valence electrons. The third kappa shape index (κ3) is 6.68. The summed E-state index contributed by atoms with van der Waals surface area (Å²) < 4.78 is 5.44. The molecule has 0 spiro atoms. The third-order valence-corrected chi connectivity index (χ3v) is 7.39. The van der Waals surface area contributed by atoms with E-state index < -0.39 is 6.10 Å². The molecule has 2 aliphatic rings. The third-order valence-electron chi connectivity index (χ3n) is 6.76. The second-order valence-electron chi connectivity index (χ2n) is 9.47. The number of halogens is 2. The van der Waals surface area contributed by atoms with E-state index in [1.54, 1.807) is 6.07 Å². The molecule has 0 saturated carbocycles. The van der Waals surface area contributed by atoms with Crippen molar-refractivity contribution in [3.63, 3.8) is 0 Å². The number of carbonyl (C=O) groups excluding carboxylic acids is 2. The van der Waals surface area contributed by atoms with Crippen LogP contribution in [0.5, 0.6) is 0 Å². The number of aliphatic hydroxyl groups is 1. The number of likely N-dealkylation sites (tertiary alicyclic amines) is 1. The molecule has 3 N–H and O–H groups in total. The first-order valence-corrected chi connectivity index (χ1v) is 13.1. The normalized spacial score (nSPS) is 19.6. The van der Waals surface area contributed by atoms with Crippen molar-refractivity contribution in [1.29, 1.82) is 0 Å². The van der Waals surface area contributed by atoms with Gasteiger partial charge in [-0.2, -0.15) is 0 Å². The summed E-state index contributed by atoms with van der Waals surface area (Å²) in [6.07, 6.45) is 3.84. The van der Waals surface area contributed by atoms with Gasteiger partial charge >= 0.3 is 0 Å². The lowest BCUT2D eigenvalue weighted by Crippen LogP contribution is -2.46. The fourth-order valence-electron chi connectivity index (χ4n) is 4.65. The molecule has 10 heteroatoms. The Bertz CT molecular complexity index is 1090. The minimum absolute atomic E-state index is 0.225. The SMILES string of the molecule is CC(O)C(=O)N1CCC[C@H](C(=O)Nc2cc(-c3cc(NCC4CCOCC4)ccc3Cl)c(Cl)cn2)C1. The van der Waals surface area contributed by atoms with E-state index in [0.29, 0.717) is 46.7 Å². The fourth-order valence-corrected chi connectivity index (χ4v) is 5.08. The molecular formula is C26H32Cl2N4O4. The molecule has 4 rings (SSSR count). The Labute approximate surface area is 221 Å². The van der Waals surface area contributed by atoms with Gasteiger partial charge in [0.1, 0.15) is 11.9 Å². The standard InChI is InChI=1S/C26H32Cl2N4O4/c1-16(33)26(35)32-8-2-3-18(15-32)25(34)31-24-12-21(23(28)14-30-24)20-11-19(4-5-22(20)27)29-13-17-6-9-36-10-7-17/h4-5,11-12,14,16-18,29,33H,2-3,6-10,13,15H2,1H3,(H,30,31,34)/t16?,18-/m0/s1. The Kier molecular flexibility index (Phi) is 9.06. The van der Waals surface area contributed by atoms with Gasteiger partial charge in [-0.05, 0) is 62.8 Å². The van der Waals surface area contributed by atoms with Crippen molar-refractivity contribution in [3.8, 4) is 11.1 Å². The van der Waals surface area contributed by atoms with Crippen LogP contribution in [0.15, 0.2) is 30.5 Å². The van der Waals surface area contributed by atoms with E-state index in [9.17, 15) is 14.7 Å². The molecule has 2 aromatic rings. The predicted molar refractivity (Wildman–Crippen MR) is 141 cm³/mol. The number of piperidine rings is 1. The lowest BCUT2D eigenvalue weighted by atomic mass is 9.96. The molecule has 2 amide bonds. The Balaban J connectivity index is 1.46. The molecule has 1 unspecified atom stereocenters. The molecule has 8 nitrogen and oxygen atoms in total. The van der Waals surface area contributed by atoms with Crippen LogP contribution in [-0.4, -0.2) is 65.8 Å². The number of pyridine rings is 1. The van der Waals surface area contributed by atoms with Crippen molar-refractivity contribution in [2.24, 2.45) is 11.8 Å². The van der Waals surface area contributed by atoms with Crippen molar-refractivity contribution < 1.29 is 19.4 Å². The van der Waals surface area contributed by atoms with Gasteiger partial charge in [0.25, 0.3) is 5.91 Å². The molecule has 2 fully saturated rings. The van der Waals surface area contributed by atoms with Crippen LogP contribution in [0.2, 0.25) is 10.0 Å². The number of aromatic nitrogens is 1. The summed E-state index contributed by atoms with van der Waals surface area (Å²) in [6.45, 7) is 4.69. The highest BCUT2D eigenvalue weighted by atomic mass is 35.5. The second kappa shape index (κ2) is 12.2. The van der Waals surface area contributed by atoms with Crippen molar-refractivity contribution in [1.82, 2.24) is 9.88 Å². The lowest BCUT2D eigenvalue weighted by molar-refractivity contribution is -0.142. The number of hydrogen-bond acceptors (Lipinski definition) is 6. The smallest absolute Gasteiger partial charge is 0.251 e. The number of nitrogens with one attached hydrogen (secondary N) is 2. The summed E-state index contributed by atoms with van der Waals surface area (Å²) in [5.41, 5.74) is 2.34. The quantitative estimate of drug-likeness (QED) is 0.484. The molecule has 0 aliphatic carbocycles. The number of aliphatic hydroxyl groups excluding tert-OH is 1. The first kappa shape index (κ1) is 26.7. The summed E-state index contributed by atoms with van der Waals surface area (Å²) in [6, 6.07) is 7.43. The maximum atomic E-state index is 13.0. The summed E-state index contributed by atoms with van der Waals surface area (Å²) >= 11 is 13.0. The number of anilines is 2. The predicted octanol–water partition coefficient (Wildman–Crippen LogP) is 4.45. The summed E-state index contributed by atoms with van der Waals surface area (Å²) in [5.74, 6) is -0.0503. The van der Waals surface area contributed by atoms with Crippen molar-refractivity contribution in [3.05, 3.63) is 40.5 Å². The number of nitrogens with zero attached hydrogens (tertiary/aromatic N) is 2. The molecule has 3 heterocycles. The first-order chi connectivity index (χ1) is 17.3. The van der Waals surface area contributed by atoms with Gasteiger partial charge in [0.15, 0.2) is 0 Å². The van der Waals surface area contributed by atoms with Crippen LogP contribution >= 0.6 is 23.2 Å². The van der Waals surface area contributed by atoms with Gasteiger partial charge in [0.2, 0.25) is 5.91 Å². The minimum Gasteiger partial charge on any atom is -0.385 e. The van der Waals surface area contributed by atoms with Crippen LogP contribution in [0.3, 0.4) is 0 Å². The maximum Gasteiger partial charge on any atom is 0.251 e. The zero-order chi connectivity index (χ0) is 25.7. The van der Waals surface area contributed by atoms with Crippen molar-refractivity contribution >= 4 is 46.5 Å². The number of hydrogen-bond donors (Lipinski definition) is 3. The van der Waals surface area contributed by atoms with E-state index >= 15 is 0 Å². The minimum atomic E-state index is -1.08. The van der Waals surface area contributed by atoms with Crippen LogP contribution in [0.1, 0.15) is 32.6 Å². The zero-order valence-electron chi connectivity index (χ0n) is 20.3. The molecule has 2 aliphatic heterocycles. The molecular weight excluding hydrogens is 503 g/mol. The average molecular weight is 535 g/mol. The number of rotatable bonds is 7. The van der Waals surface area contributed by atoms with Crippen LogP contribution in [0.25, 0.3) is 11.1 Å². The van der Waals surface area contributed by atoms with Gasteiger partial charge in [0, 0.05) is 60.9 Å². The zero-order valence-corrected chi connectivity index (χ0v) is 21.8. The molecule has 2 atom stereocenters. The summed E-state index contributed by atoms with van der Waals surface area (Å²) in [7, 11) is 0. The number of benzene rings is 1. The van der Waals surface area contributed by atoms with Crippen LogP contribution in [-0.2, 0) is 14.3 Å². The average Bonchev–Trinajstić information content (AvgIpc) is 2.89. The van der Waals surface area contributed by atoms with Gasteiger partial charge in [-0.25, -0.2) is 4.98 Å². The van der Waals surface area contributed by atoms with E-state index in [2.05, 4.69) is 15.6 Å². The Morgan fingerprint density at radius 2 is 1.92 bits per heavy atom. The van der Waals surface area contributed by atoms with Gasteiger partial charge in [0.05, 0.1) is 10.9 Å². The van der Waals surface area contributed by atoms with E-state index in [1.165, 1.54) is 18.0 Å². The van der Waals surface area contributed by atoms with Crippen LogP contribution in [0.4, 0.5) is 11.5 Å². The Morgan fingerprint density at radius 3 is 2.67 bits per heavy atom. The topological polar surface area (TPSA) is 104 Å². The maximum absolute atomic E-state index is 13.0. The Hall–Kier alpha value is -2.39. The van der Waals surface area contributed by atoms with E-state index in [4.69, 9.17) is 27.9 Å². The van der Waals surface area contributed by atoms with Gasteiger partial charge < -0.3 is 25.4 Å². The van der Waals surface area contributed by atoms with Crippen molar-refractivity contribution in [2.45, 2.75) is 38.7 Å². The number of amides is 2. The first-order valence-electron chi connectivity index (χ1n) is 12.4. The van der Waals surface area contributed by atoms with E-state index in [-0.39, 0.29) is 24.3 Å². The molecule has 1 aromatic carbocycles. The largest absolute Gasteiger partial charge is 0.385 e. The molecule has 1 aromatic heterocycles. The molecule has 2 saturated heterocycles. The highest BCUT2D eigenvalue weighted by Gasteiger charge is 2.30. The molecule has 36 heavy (non-hydrogen) atoms. The number of carbonyl (C=O) groups is 2. The molecule has 0 bridgehead atoms. The monoisotopic (exact) mass is 534 g/mol. The fraction of sp³-hybridized carbons (Fsp3) is 0.500. The summed E-state index contributed by atoms with van der Waals surface area (Å²) in [4.78, 5) is 30.9. The van der Waals surface area contributed by atoms with Gasteiger partial charge in [-0.1, -0.05) is 23.2 Å². The van der Waals surface area contributed by atoms with Crippen molar-refractivity contribution in [2.75, 3.05) is 43.5 Å². The number of ether oxygens (including phenoxy) is 1.